The van der Waals surface area contributed by atoms with Crippen molar-refractivity contribution in [1.82, 2.24) is 36.8 Å². The predicted molar refractivity (Wildman–Crippen MR) is 197 cm³/mol. The number of carboxylic acid groups (broad SMARTS) is 3. The summed E-state index contributed by atoms with van der Waals surface area (Å²) in [5.74, 6) is -12.1. The summed E-state index contributed by atoms with van der Waals surface area (Å²) in [7, 11) is 0. The van der Waals surface area contributed by atoms with Gasteiger partial charge in [0.2, 0.25) is 41.2 Å². The molecule has 0 aromatic carbocycles. The van der Waals surface area contributed by atoms with Gasteiger partial charge in [-0.05, 0) is 31.1 Å². The summed E-state index contributed by atoms with van der Waals surface area (Å²) in [6.45, 7) is 8.40. The molecule has 1 aliphatic rings. The highest BCUT2D eigenvalue weighted by molar-refractivity contribution is 7.99. The van der Waals surface area contributed by atoms with Gasteiger partial charge in [0.25, 0.3) is 5.91 Å². The van der Waals surface area contributed by atoms with E-state index in [4.69, 9.17) is 10.2 Å². The maximum atomic E-state index is 13.9. The zero-order valence-electron chi connectivity index (χ0n) is 32.2. The fourth-order valence-electron chi connectivity index (χ4n) is 5.42. The molecule has 1 heterocycles. The molecule has 1 unspecified atom stereocenters. The Hall–Kier alpha value is -5.28. The molecule has 1 rings (SSSR count). The van der Waals surface area contributed by atoms with Crippen molar-refractivity contribution in [2.24, 2.45) is 11.8 Å². The van der Waals surface area contributed by atoms with Gasteiger partial charge in [-0.2, -0.15) is 0 Å². The number of Topliss-reactive ketones (excluding diaryl/α,β-unsaturated/α-hetero) is 1. The van der Waals surface area contributed by atoms with Crippen molar-refractivity contribution >= 4 is 76.8 Å². The zero-order valence-corrected chi connectivity index (χ0v) is 33.0. The maximum Gasteiger partial charge on any atom is 0.322 e. The van der Waals surface area contributed by atoms with Crippen LogP contribution in [-0.2, 0) is 52.7 Å². The number of rotatable bonds is 24. The molecule has 0 bridgehead atoms. The van der Waals surface area contributed by atoms with Crippen LogP contribution in [0.1, 0.15) is 80.1 Å². The van der Waals surface area contributed by atoms with Crippen LogP contribution in [0.5, 0.6) is 0 Å². The minimum absolute atomic E-state index is 0.0305. The average molecular weight is 816 g/mol. The second kappa shape index (κ2) is 23.6. The van der Waals surface area contributed by atoms with E-state index in [1.54, 1.807) is 34.6 Å². The summed E-state index contributed by atoms with van der Waals surface area (Å²) in [6, 6.07) is -7.90. The van der Waals surface area contributed by atoms with Crippen LogP contribution in [0.15, 0.2) is 0 Å². The Morgan fingerprint density at radius 3 is 1.66 bits per heavy atom. The highest BCUT2D eigenvalue weighted by Crippen LogP contribution is 2.24. The summed E-state index contributed by atoms with van der Waals surface area (Å²) >= 11 is 1.22. The van der Waals surface area contributed by atoms with Crippen LogP contribution in [0, 0.1) is 11.8 Å². The predicted octanol–water partition coefficient (Wildman–Crippen LogP) is -2.06. The molecule has 22 heteroatoms. The number of hydrogen-bond donors (Lipinski definition) is 9. The van der Waals surface area contributed by atoms with Crippen molar-refractivity contribution in [2.75, 3.05) is 18.2 Å². The topological polar surface area (TPSA) is 324 Å². The highest BCUT2D eigenvalue weighted by Gasteiger charge is 2.41. The van der Waals surface area contributed by atoms with Gasteiger partial charge in [0, 0.05) is 25.5 Å². The number of carbonyl (C=O) groups excluding carboxylic acids is 8. The van der Waals surface area contributed by atoms with Crippen molar-refractivity contribution in [3.05, 3.63) is 0 Å². The Bertz CT molecular complexity index is 1510. The number of nitrogens with one attached hydrogen (secondary N) is 6. The van der Waals surface area contributed by atoms with Gasteiger partial charge in [-0.15, -0.1) is 11.8 Å². The van der Waals surface area contributed by atoms with Crippen molar-refractivity contribution in [1.29, 1.82) is 0 Å². The Labute approximate surface area is 327 Å². The first-order valence-electron chi connectivity index (χ1n) is 17.9. The number of carbonyl (C=O) groups is 11. The molecule has 1 fully saturated rings. The van der Waals surface area contributed by atoms with Gasteiger partial charge < -0.3 is 52.1 Å². The first-order valence-corrected chi connectivity index (χ1v) is 19.1. The van der Waals surface area contributed by atoms with E-state index < -0.39 is 139 Å². The Morgan fingerprint density at radius 1 is 0.661 bits per heavy atom. The molecule has 7 amide bonds. The number of aliphatic carboxylic acids is 3. The lowest BCUT2D eigenvalue weighted by molar-refractivity contribution is -0.144. The number of amides is 7. The molecule has 0 aromatic heterocycles. The lowest BCUT2D eigenvalue weighted by atomic mass is 9.98. The maximum absolute atomic E-state index is 13.9. The quantitative estimate of drug-likeness (QED) is 0.0474. The van der Waals surface area contributed by atoms with E-state index in [0.717, 1.165) is 6.92 Å². The van der Waals surface area contributed by atoms with Gasteiger partial charge in [-0.25, -0.2) is 0 Å². The molecule has 0 radical (unpaired) electrons. The van der Waals surface area contributed by atoms with Crippen LogP contribution in [0.4, 0.5) is 0 Å². The second-order valence-corrected chi connectivity index (χ2v) is 14.8. The van der Waals surface area contributed by atoms with E-state index in [0.29, 0.717) is 6.42 Å². The number of hydrogen-bond acceptors (Lipinski definition) is 12. The fraction of sp³-hybridized carbons (Fsp3) is 0.676. The summed E-state index contributed by atoms with van der Waals surface area (Å²) in [5.41, 5.74) is 0. The van der Waals surface area contributed by atoms with Gasteiger partial charge in [0.1, 0.15) is 36.8 Å². The molecule has 0 aliphatic carbocycles. The first kappa shape index (κ1) is 48.7. The molecule has 0 spiro atoms. The average Bonchev–Trinajstić information content (AvgIpc) is 3.60. The number of nitrogens with zero attached hydrogens (tertiary/aromatic N) is 1. The SMILES string of the molecule is CCC[C@H](NC(=O)C1CSCN1C(=O)[C@@H](NC(=O)[C@@H](NC(=O)[C@H](CCC(=O)O)NC(=O)[C@H](CCC(=O)O)NC(C)=O)C(C)C)C(C)C)C(=O)C(=O)NCC(=O)O. The summed E-state index contributed by atoms with van der Waals surface area (Å²) < 4.78 is 0. The van der Waals surface area contributed by atoms with E-state index in [1.165, 1.54) is 16.7 Å². The van der Waals surface area contributed by atoms with Crippen molar-refractivity contribution in [2.45, 2.75) is 116 Å². The molecule has 1 aliphatic heterocycles. The number of carboxylic acids is 3. The molecule has 21 nitrogen and oxygen atoms in total. The van der Waals surface area contributed by atoms with Gasteiger partial charge in [-0.3, -0.25) is 52.7 Å². The van der Waals surface area contributed by atoms with Gasteiger partial charge in [0.05, 0.1) is 11.9 Å². The third-order valence-electron chi connectivity index (χ3n) is 8.40. The first-order chi connectivity index (χ1) is 26.1. The van der Waals surface area contributed by atoms with Crippen LogP contribution >= 0.6 is 11.8 Å². The third-order valence-corrected chi connectivity index (χ3v) is 9.41. The highest BCUT2D eigenvalue weighted by atomic mass is 32.2. The summed E-state index contributed by atoms with van der Waals surface area (Å²) in [4.78, 5) is 139. The van der Waals surface area contributed by atoms with E-state index >= 15 is 0 Å². The second-order valence-electron chi connectivity index (χ2n) is 13.8. The van der Waals surface area contributed by atoms with Crippen LogP contribution in [0.3, 0.4) is 0 Å². The minimum Gasteiger partial charge on any atom is -0.481 e. The fourth-order valence-corrected chi connectivity index (χ4v) is 6.58. The molecule has 0 aromatic rings. The zero-order chi connectivity index (χ0) is 42.9. The van der Waals surface area contributed by atoms with Crippen LogP contribution < -0.4 is 31.9 Å². The van der Waals surface area contributed by atoms with Crippen LogP contribution in [0.25, 0.3) is 0 Å². The summed E-state index contributed by atoms with van der Waals surface area (Å²) in [6.07, 6.45) is -1.45. The van der Waals surface area contributed by atoms with Crippen LogP contribution in [0.2, 0.25) is 0 Å². The molecular formula is C34H53N7O14S. The Morgan fingerprint density at radius 2 is 1.18 bits per heavy atom. The van der Waals surface area contributed by atoms with E-state index in [-0.39, 0.29) is 24.5 Å². The van der Waals surface area contributed by atoms with Crippen molar-refractivity contribution in [3.8, 4) is 0 Å². The van der Waals surface area contributed by atoms with Crippen molar-refractivity contribution < 1.29 is 68.1 Å². The van der Waals surface area contributed by atoms with Crippen LogP contribution in [-0.4, -0.2) is 140 Å². The monoisotopic (exact) mass is 815 g/mol. The number of thioether (sulfide) groups is 1. The van der Waals surface area contributed by atoms with Gasteiger partial charge >= 0.3 is 17.9 Å². The molecule has 0 saturated carbocycles. The Balaban J connectivity index is 3.22. The largest absolute Gasteiger partial charge is 0.481 e. The number of ketones is 1. The lowest BCUT2D eigenvalue weighted by Gasteiger charge is -2.32. The molecule has 56 heavy (non-hydrogen) atoms. The normalized spacial score (nSPS) is 16.4. The third kappa shape index (κ3) is 16.2. The Kier molecular flexibility index (Phi) is 20.5. The summed E-state index contributed by atoms with van der Waals surface area (Å²) in [5, 5.41) is 41.3. The molecule has 6 atom stereocenters. The molecule has 314 valence electrons. The standard InChI is InChI=1S/C34H53N7O14S/c1-7-8-19(28(49)33(54)35-13-25(47)48)37-31(52)22-14-56-15-41(22)34(55)27(17(4)5)40-32(53)26(16(2)3)39-30(51)21(10-12-24(45)46)38-29(50)20(36-18(6)42)9-11-23(43)44/h16-17,19-22,26-27H,7-15H2,1-6H3,(H,35,54)(H,36,42)(H,37,52)(H,38,50)(H,39,51)(H,40,53)(H,43,44)(H,45,46)(H,47,48)/t19-,20-,21-,22?,26-,27-/m0/s1. The van der Waals surface area contributed by atoms with Crippen molar-refractivity contribution in [3.63, 3.8) is 0 Å². The molecule has 1 saturated heterocycles. The lowest BCUT2D eigenvalue weighted by Crippen LogP contribution is -2.61. The van der Waals surface area contributed by atoms with E-state index in [9.17, 15) is 57.8 Å². The molecular weight excluding hydrogens is 762 g/mol. The molecule has 9 N–H and O–H groups in total. The van der Waals surface area contributed by atoms with E-state index in [2.05, 4.69) is 26.6 Å². The van der Waals surface area contributed by atoms with E-state index in [1.807, 2.05) is 5.32 Å². The minimum atomic E-state index is -1.54. The van der Waals surface area contributed by atoms with Gasteiger partial charge in [0.15, 0.2) is 0 Å². The van der Waals surface area contributed by atoms with Gasteiger partial charge in [-0.1, -0.05) is 41.0 Å². The smallest absolute Gasteiger partial charge is 0.322 e.